The van der Waals surface area contributed by atoms with E-state index in [0.717, 1.165) is 11.8 Å². The normalized spacial score (nSPS) is 33.3. The van der Waals surface area contributed by atoms with Gasteiger partial charge in [-0.05, 0) is 57.0 Å². The zero-order valence-electron chi connectivity index (χ0n) is 14.5. The molecule has 4 atom stereocenters. The van der Waals surface area contributed by atoms with Crippen LogP contribution < -0.4 is 16.0 Å². The standard InChI is InChI=1S/C10H15N3O2.C7H13N/c1-10(2)4-7(9(15)13-10)3-8(5-11)12-6-14;1-7(2)5-3-8-4-6(5)7/h6-8H,3-4H2,1-2H3,(H,12,14)(H,13,15);5-6,8H,3-4H2,1-2H3. The van der Waals surface area contributed by atoms with E-state index in [1.165, 1.54) is 13.1 Å². The van der Waals surface area contributed by atoms with Crippen LogP contribution in [0.4, 0.5) is 0 Å². The summed E-state index contributed by atoms with van der Waals surface area (Å²) >= 11 is 0. The van der Waals surface area contributed by atoms with Crippen LogP contribution in [0.5, 0.6) is 0 Å². The molecule has 0 spiro atoms. The second-order valence-corrected chi connectivity index (χ2v) is 8.17. The highest BCUT2D eigenvalue weighted by Crippen LogP contribution is 2.59. The number of fused-ring (bicyclic) bond motifs is 1. The van der Waals surface area contributed by atoms with E-state index in [4.69, 9.17) is 5.26 Å². The fourth-order valence-corrected chi connectivity index (χ4v) is 3.97. The highest BCUT2D eigenvalue weighted by molar-refractivity contribution is 5.82. The largest absolute Gasteiger partial charge is 0.351 e. The molecule has 0 bridgehead atoms. The van der Waals surface area contributed by atoms with Crippen LogP contribution in [0.2, 0.25) is 0 Å². The van der Waals surface area contributed by atoms with Gasteiger partial charge in [-0.3, -0.25) is 9.59 Å². The van der Waals surface area contributed by atoms with Crippen molar-refractivity contribution in [3.05, 3.63) is 0 Å². The number of hydrogen-bond donors (Lipinski definition) is 3. The lowest BCUT2D eigenvalue weighted by Gasteiger charge is -2.16. The molecule has 128 valence electrons. The summed E-state index contributed by atoms with van der Waals surface area (Å²) in [5, 5.41) is 17.3. The molecule has 1 aliphatic carbocycles. The monoisotopic (exact) mass is 320 g/mol. The number of carbonyl (C=O) groups is 2. The average molecular weight is 320 g/mol. The van der Waals surface area contributed by atoms with E-state index in [9.17, 15) is 9.59 Å². The number of rotatable bonds is 4. The maximum atomic E-state index is 11.5. The number of nitrogens with one attached hydrogen (secondary N) is 3. The quantitative estimate of drug-likeness (QED) is 0.668. The molecular weight excluding hydrogens is 292 g/mol. The molecule has 3 rings (SSSR count). The summed E-state index contributed by atoms with van der Waals surface area (Å²) in [6.45, 7) is 11.2. The third-order valence-corrected chi connectivity index (χ3v) is 5.55. The van der Waals surface area contributed by atoms with Gasteiger partial charge in [-0.15, -0.1) is 0 Å². The molecule has 3 aliphatic rings. The van der Waals surface area contributed by atoms with Crippen LogP contribution in [0.15, 0.2) is 0 Å². The zero-order chi connectivity index (χ0) is 17.3. The number of piperidine rings is 1. The summed E-state index contributed by atoms with van der Waals surface area (Å²) in [5.41, 5.74) is 0.494. The van der Waals surface area contributed by atoms with Gasteiger partial charge in [0.15, 0.2) is 0 Å². The van der Waals surface area contributed by atoms with Crippen molar-refractivity contribution in [1.82, 2.24) is 16.0 Å². The van der Waals surface area contributed by atoms with Crippen LogP contribution in [0.25, 0.3) is 0 Å². The highest BCUT2D eigenvalue weighted by atomic mass is 16.2. The Kier molecular flexibility index (Phi) is 5.00. The molecule has 2 saturated heterocycles. The molecular formula is C17H28N4O2. The first-order chi connectivity index (χ1) is 10.7. The van der Waals surface area contributed by atoms with Crippen molar-refractivity contribution in [2.75, 3.05) is 13.1 Å². The maximum Gasteiger partial charge on any atom is 0.223 e. The Morgan fingerprint density at radius 3 is 2.30 bits per heavy atom. The van der Waals surface area contributed by atoms with Crippen LogP contribution >= 0.6 is 0 Å². The molecule has 2 heterocycles. The van der Waals surface area contributed by atoms with Crippen molar-refractivity contribution >= 4 is 12.3 Å². The lowest BCUT2D eigenvalue weighted by molar-refractivity contribution is -0.123. The molecule has 3 fully saturated rings. The Bertz CT molecular complexity index is 497. The first kappa shape index (κ1) is 17.7. The summed E-state index contributed by atoms with van der Waals surface area (Å²) in [7, 11) is 0. The summed E-state index contributed by atoms with van der Waals surface area (Å²) in [5.74, 6) is 1.81. The average Bonchev–Trinajstić information content (AvgIpc) is 2.86. The first-order valence-corrected chi connectivity index (χ1v) is 8.33. The summed E-state index contributed by atoms with van der Waals surface area (Å²) in [4.78, 5) is 21.7. The van der Waals surface area contributed by atoms with E-state index >= 15 is 0 Å². The van der Waals surface area contributed by atoms with Gasteiger partial charge in [-0.25, -0.2) is 0 Å². The SMILES string of the molecule is CC1(C)C2CNCC21.CC1(C)CC(CC(C#N)NC=O)C(=O)N1. The molecule has 0 aromatic carbocycles. The van der Waals surface area contributed by atoms with E-state index in [2.05, 4.69) is 29.8 Å². The maximum absolute atomic E-state index is 11.5. The molecule has 0 aromatic heterocycles. The molecule has 2 amide bonds. The van der Waals surface area contributed by atoms with Crippen LogP contribution in [0.3, 0.4) is 0 Å². The van der Waals surface area contributed by atoms with E-state index in [1.54, 1.807) is 0 Å². The number of carbonyl (C=O) groups excluding carboxylic acids is 2. The minimum absolute atomic E-state index is 0.0343. The van der Waals surface area contributed by atoms with Gasteiger partial charge in [0.1, 0.15) is 6.04 Å². The number of amides is 2. The molecule has 2 aliphatic heterocycles. The van der Waals surface area contributed by atoms with E-state index in [0.29, 0.717) is 24.7 Å². The van der Waals surface area contributed by atoms with Gasteiger partial charge in [-0.1, -0.05) is 13.8 Å². The molecule has 1 saturated carbocycles. The lowest BCUT2D eigenvalue weighted by atomic mass is 9.92. The molecule has 23 heavy (non-hydrogen) atoms. The number of nitriles is 1. The van der Waals surface area contributed by atoms with Crippen molar-refractivity contribution in [2.45, 2.75) is 52.1 Å². The van der Waals surface area contributed by atoms with Crippen molar-refractivity contribution in [2.24, 2.45) is 23.2 Å². The molecule has 6 nitrogen and oxygen atoms in total. The minimum Gasteiger partial charge on any atom is -0.351 e. The Morgan fingerprint density at radius 1 is 1.35 bits per heavy atom. The first-order valence-electron chi connectivity index (χ1n) is 8.33. The van der Waals surface area contributed by atoms with Gasteiger partial charge in [0.2, 0.25) is 12.3 Å². The van der Waals surface area contributed by atoms with E-state index in [1.807, 2.05) is 19.9 Å². The second-order valence-electron chi connectivity index (χ2n) is 8.17. The number of nitrogens with zero attached hydrogens (tertiary/aromatic N) is 1. The third-order valence-electron chi connectivity index (χ3n) is 5.55. The lowest BCUT2D eigenvalue weighted by Crippen LogP contribution is -2.35. The fourth-order valence-electron chi connectivity index (χ4n) is 3.97. The van der Waals surface area contributed by atoms with E-state index < -0.39 is 6.04 Å². The van der Waals surface area contributed by atoms with Crippen molar-refractivity contribution in [1.29, 1.82) is 5.26 Å². The molecule has 3 N–H and O–H groups in total. The minimum atomic E-state index is -0.577. The van der Waals surface area contributed by atoms with Gasteiger partial charge < -0.3 is 16.0 Å². The Hall–Kier alpha value is -1.61. The Balaban J connectivity index is 0.000000198. The second kappa shape index (κ2) is 6.48. The van der Waals surface area contributed by atoms with Crippen molar-refractivity contribution in [3.8, 4) is 6.07 Å². The van der Waals surface area contributed by atoms with Crippen LogP contribution in [-0.2, 0) is 9.59 Å². The Morgan fingerprint density at radius 2 is 1.96 bits per heavy atom. The van der Waals surface area contributed by atoms with Gasteiger partial charge in [0.05, 0.1) is 6.07 Å². The summed E-state index contributed by atoms with van der Waals surface area (Å²) in [6, 6.07) is 1.38. The molecule has 4 unspecified atom stereocenters. The summed E-state index contributed by atoms with van der Waals surface area (Å²) in [6.07, 6.45) is 1.57. The van der Waals surface area contributed by atoms with Crippen molar-refractivity contribution in [3.63, 3.8) is 0 Å². The number of hydrogen-bond acceptors (Lipinski definition) is 4. The smallest absolute Gasteiger partial charge is 0.223 e. The summed E-state index contributed by atoms with van der Waals surface area (Å²) < 4.78 is 0. The molecule has 0 aromatic rings. The third kappa shape index (κ3) is 4.03. The van der Waals surface area contributed by atoms with Gasteiger partial charge in [0.25, 0.3) is 0 Å². The predicted octanol–water partition coefficient (Wildman–Crippen LogP) is 0.791. The Labute approximate surface area is 138 Å². The fraction of sp³-hybridized carbons (Fsp3) is 0.824. The van der Waals surface area contributed by atoms with Gasteiger partial charge in [0, 0.05) is 11.5 Å². The van der Waals surface area contributed by atoms with Crippen LogP contribution in [0, 0.1) is 34.5 Å². The van der Waals surface area contributed by atoms with E-state index in [-0.39, 0.29) is 17.4 Å². The van der Waals surface area contributed by atoms with Crippen molar-refractivity contribution < 1.29 is 9.59 Å². The zero-order valence-corrected chi connectivity index (χ0v) is 14.5. The molecule has 0 radical (unpaired) electrons. The van der Waals surface area contributed by atoms with Crippen LogP contribution in [-0.4, -0.2) is 37.0 Å². The van der Waals surface area contributed by atoms with Crippen LogP contribution in [0.1, 0.15) is 40.5 Å². The topological polar surface area (TPSA) is 94.0 Å². The molecule has 6 heteroatoms. The van der Waals surface area contributed by atoms with Gasteiger partial charge in [-0.2, -0.15) is 5.26 Å². The highest BCUT2D eigenvalue weighted by Gasteiger charge is 2.59. The predicted molar refractivity (Wildman–Crippen MR) is 87.2 cm³/mol. The van der Waals surface area contributed by atoms with Gasteiger partial charge >= 0.3 is 0 Å².